The topological polar surface area (TPSA) is 38.0 Å². The van der Waals surface area contributed by atoms with Gasteiger partial charge in [-0.1, -0.05) is 12.1 Å². The molecule has 0 radical (unpaired) electrons. The maximum atomic E-state index is 5.72. The molecule has 1 aromatic carbocycles. The van der Waals surface area contributed by atoms with Crippen LogP contribution in [0, 0.1) is 0 Å². The van der Waals surface area contributed by atoms with Crippen LogP contribution in [-0.4, -0.2) is 0 Å². The van der Waals surface area contributed by atoms with E-state index in [1.165, 1.54) is 4.88 Å². The number of anilines is 2. The Morgan fingerprint density at radius 3 is 2.80 bits per heavy atom. The van der Waals surface area contributed by atoms with Crippen molar-refractivity contribution in [1.29, 1.82) is 0 Å². The van der Waals surface area contributed by atoms with Gasteiger partial charge in [0.25, 0.3) is 0 Å². The summed E-state index contributed by atoms with van der Waals surface area (Å²) in [6.07, 6.45) is 0. The summed E-state index contributed by atoms with van der Waals surface area (Å²) in [5, 5.41) is 5.51. The van der Waals surface area contributed by atoms with Crippen LogP contribution in [0.15, 0.2) is 41.8 Å². The molecular formula is C12H14N2S. The molecule has 3 N–H and O–H groups in total. The number of benzene rings is 1. The summed E-state index contributed by atoms with van der Waals surface area (Å²) in [5.41, 5.74) is 7.57. The number of nitrogens with two attached hydrogens (primary N) is 1. The third kappa shape index (κ3) is 2.50. The molecule has 0 amide bonds. The molecule has 1 atom stereocenters. The van der Waals surface area contributed by atoms with Crippen LogP contribution in [0.25, 0.3) is 0 Å². The van der Waals surface area contributed by atoms with Gasteiger partial charge in [-0.3, -0.25) is 0 Å². The van der Waals surface area contributed by atoms with Gasteiger partial charge in [-0.2, -0.15) is 0 Å². The Kier molecular flexibility index (Phi) is 2.92. The van der Waals surface area contributed by atoms with E-state index in [1.54, 1.807) is 11.3 Å². The zero-order valence-electron chi connectivity index (χ0n) is 8.60. The molecule has 2 nitrogen and oxygen atoms in total. The predicted molar refractivity (Wildman–Crippen MR) is 67.2 cm³/mol. The van der Waals surface area contributed by atoms with Crippen LogP contribution in [0.1, 0.15) is 17.8 Å². The van der Waals surface area contributed by atoms with Crippen LogP contribution in [0.3, 0.4) is 0 Å². The van der Waals surface area contributed by atoms with Crippen molar-refractivity contribution >= 4 is 22.7 Å². The highest BCUT2D eigenvalue weighted by Gasteiger charge is 2.05. The SMILES string of the molecule is CC(Nc1cccc(N)c1)c1cccs1. The van der Waals surface area contributed by atoms with E-state index >= 15 is 0 Å². The molecule has 0 spiro atoms. The Morgan fingerprint density at radius 2 is 2.13 bits per heavy atom. The molecule has 1 aromatic heterocycles. The number of hydrogen-bond donors (Lipinski definition) is 2. The minimum atomic E-state index is 0.326. The summed E-state index contributed by atoms with van der Waals surface area (Å²) in [5.74, 6) is 0. The van der Waals surface area contributed by atoms with Crippen molar-refractivity contribution in [2.75, 3.05) is 11.1 Å². The lowest BCUT2D eigenvalue weighted by atomic mass is 10.2. The van der Waals surface area contributed by atoms with Crippen LogP contribution in [0.5, 0.6) is 0 Å². The van der Waals surface area contributed by atoms with Gasteiger partial charge in [0.1, 0.15) is 0 Å². The van der Waals surface area contributed by atoms with Crippen molar-refractivity contribution in [2.45, 2.75) is 13.0 Å². The van der Waals surface area contributed by atoms with Crippen LogP contribution in [0.2, 0.25) is 0 Å². The lowest BCUT2D eigenvalue weighted by Gasteiger charge is -2.13. The van der Waals surface area contributed by atoms with Gasteiger partial charge >= 0.3 is 0 Å². The molecule has 0 aliphatic rings. The van der Waals surface area contributed by atoms with Crippen LogP contribution < -0.4 is 11.1 Å². The Balaban J connectivity index is 2.09. The average Bonchev–Trinajstić information content (AvgIpc) is 2.70. The molecular weight excluding hydrogens is 204 g/mol. The zero-order chi connectivity index (χ0) is 10.7. The first-order valence-electron chi connectivity index (χ1n) is 4.91. The third-order valence-corrected chi connectivity index (χ3v) is 3.29. The number of hydrogen-bond acceptors (Lipinski definition) is 3. The highest BCUT2D eigenvalue weighted by molar-refractivity contribution is 7.10. The van der Waals surface area contributed by atoms with Gasteiger partial charge in [-0.15, -0.1) is 11.3 Å². The van der Waals surface area contributed by atoms with Gasteiger partial charge < -0.3 is 11.1 Å². The highest BCUT2D eigenvalue weighted by Crippen LogP contribution is 2.23. The van der Waals surface area contributed by atoms with Crippen LogP contribution in [0.4, 0.5) is 11.4 Å². The molecule has 2 rings (SSSR count). The Morgan fingerprint density at radius 1 is 1.27 bits per heavy atom. The quantitative estimate of drug-likeness (QED) is 0.774. The van der Waals surface area contributed by atoms with Crippen molar-refractivity contribution in [3.8, 4) is 0 Å². The standard InChI is InChI=1S/C12H14N2S/c1-9(12-6-3-7-15-12)14-11-5-2-4-10(13)8-11/h2-9,14H,13H2,1H3. The van der Waals surface area contributed by atoms with E-state index in [1.807, 2.05) is 24.3 Å². The van der Waals surface area contributed by atoms with E-state index < -0.39 is 0 Å². The first-order valence-corrected chi connectivity index (χ1v) is 5.79. The fourth-order valence-electron chi connectivity index (χ4n) is 1.49. The largest absolute Gasteiger partial charge is 0.399 e. The molecule has 0 fully saturated rings. The lowest BCUT2D eigenvalue weighted by Crippen LogP contribution is -2.04. The number of nitrogens with one attached hydrogen (secondary N) is 1. The summed E-state index contributed by atoms with van der Waals surface area (Å²) in [6, 6.07) is 12.4. The minimum Gasteiger partial charge on any atom is -0.399 e. The highest BCUT2D eigenvalue weighted by atomic mass is 32.1. The molecule has 0 saturated heterocycles. The first-order chi connectivity index (χ1) is 7.25. The summed E-state index contributed by atoms with van der Waals surface area (Å²) < 4.78 is 0. The molecule has 15 heavy (non-hydrogen) atoms. The predicted octanol–water partition coefficient (Wildman–Crippen LogP) is 3.50. The van der Waals surface area contributed by atoms with E-state index in [0.29, 0.717) is 6.04 Å². The maximum Gasteiger partial charge on any atom is 0.0578 e. The van der Waals surface area contributed by atoms with Crippen LogP contribution in [-0.2, 0) is 0 Å². The Labute approximate surface area is 93.7 Å². The normalized spacial score (nSPS) is 12.3. The molecule has 78 valence electrons. The van der Waals surface area contributed by atoms with Gasteiger partial charge in [0.2, 0.25) is 0 Å². The Bertz CT molecular complexity index is 423. The lowest BCUT2D eigenvalue weighted by molar-refractivity contribution is 0.908. The monoisotopic (exact) mass is 218 g/mol. The van der Waals surface area contributed by atoms with E-state index in [4.69, 9.17) is 5.73 Å². The van der Waals surface area contributed by atoms with Crippen molar-refractivity contribution in [3.63, 3.8) is 0 Å². The summed E-state index contributed by atoms with van der Waals surface area (Å²) in [6.45, 7) is 2.15. The van der Waals surface area contributed by atoms with Gasteiger partial charge in [-0.05, 0) is 36.6 Å². The maximum absolute atomic E-state index is 5.72. The molecule has 1 heterocycles. The number of thiophene rings is 1. The van der Waals surface area contributed by atoms with Gasteiger partial charge in [0.05, 0.1) is 6.04 Å². The number of nitrogen functional groups attached to an aromatic ring is 1. The van der Waals surface area contributed by atoms with E-state index in [2.05, 4.69) is 29.8 Å². The van der Waals surface area contributed by atoms with Crippen LogP contribution >= 0.6 is 11.3 Å². The second-order valence-electron chi connectivity index (χ2n) is 3.51. The fraction of sp³-hybridized carbons (Fsp3) is 0.167. The molecule has 0 aliphatic carbocycles. The van der Waals surface area contributed by atoms with Gasteiger partial charge in [0.15, 0.2) is 0 Å². The first kappa shape index (κ1) is 10.1. The van der Waals surface area contributed by atoms with Crippen molar-refractivity contribution in [2.24, 2.45) is 0 Å². The summed E-state index contributed by atoms with van der Waals surface area (Å²) >= 11 is 1.76. The molecule has 2 aromatic rings. The second-order valence-corrected chi connectivity index (χ2v) is 4.49. The molecule has 1 unspecified atom stereocenters. The smallest absolute Gasteiger partial charge is 0.0578 e. The average molecular weight is 218 g/mol. The fourth-order valence-corrected chi connectivity index (χ4v) is 2.22. The molecule has 0 saturated carbocycles. The molecule has 0 bridgehead atoms. The van der Waals surface area contributed by atoms with Crippen molar-refractivity contribution in [1.82, 2.24) is 0 Å². The summed E-state index contributed by atoms with van der Waals surface area (Å²) in [4.78, 5) is 1.33. The van der Waals surface area contributed by atoms with Crippen molar-refractivity contribution in [3.05, 3.63) is 46.7 Å². The minimum absolute atomic E-state index is 0.326. The van der Waals surface area contributed by atoms with E-state index in [9.17, 15) is 0 Å². The molecule has 3 heteroatoms. The summed E-state index contributed by atoms with van der Waals surface area (Å²) in [7, 11) is 0. The number of rotatable bonds is 3. The molecule has 0 aliphatic heterocycles. The van der Waals surface area contributed by atoms with Gasteiger partial charge in [-0.25, -0.2) is 0 Å². The van der Waals surface area contributed by atoms with Gasteiger partial charge in [0, 0.05) is 16.3 Å². The third-order valence-electron chi connectivity index (χ3n) is 2.24. The van der Waals surface area contributed by atoms with E-state index in [-0.39, 0.29) is 0 Å². The second kappa shape index (κ2) is 4.36. The zero-order valence-corrected chi connectivity index (χ0v) is 9.42. The van der Waals surface area contributed by atoms with Crippen molar-refractivity contribution < 1.29 is 0 Å². The van der Waals surface area contributed by atoms with E-state index in [0.717, 1.165) is 11.4 Å². The Hall–Kier alpha value is -1.48.